The zero-order valence-electron chi connectivity index (χ0n) is 10.5. The van der Waals surface area contributed by atoms with E-state index in [-0.39, 0.29) is 16.3 Å². The standard InChI is InChI=1S/C13H17Br2NO/c1-8-5-6-10(7-11(8)15)12(17)16-13(3,4)9(2)14/h5-7,9H,1-4H3,(H,16,17). The summed E-state index contributed by atoms with van der Waals surface area (Å²) in [7, 11) is 0. The van der Waals surface area contributed by atoms with E-state index in [0.717, 1.165) is 10.0 Å². The van der Waals surface area contributed by atoms with E-state index in [1.807, 2.05) is 45.9 Å². The summed E-state index contributed by atoms with van der Waals surface area (Å²) in [5.41, 5.74) is 1.51. The Labute approximate surface area is 119 Å². The van der Waals surface area contributed by atoms with Crippen LogP contribution >= 0.6 is 31.9 Å². The molecule has 1 atom stereocenters. The Bertz CT molecular complexity index is 427. The van der Waals surface area contributed by atoms with Gasteiger partial charge in [-0.25, -0.2) is 0 Å². The van der Waals surface area contributed by atoms with Gasteiger partial charge in [0, 0.05) is 20.4 Å². The summed E-state index contributed by atoms with van der Waals surface area (Å²) in [5.74, 6) is -0.0537. The number of carbonyl (C=O) groups is 1. The summed E-state index contributed by atoms with van der Waals surface area (Å²) in [4.78, 5) is 12.3. The third-order valence-corrected chi connectivity index (χ3v) is 4.86. The molecule has 0 radical (unpaired) electrons. The molecule has 1 unspecified atom stereocenters. The third-order valence-electron chi connectivity index (χ3n) is 2.86. The van der Waals surface area contributed by atoms with E-state index in [2.05, 4.69) is 37.2 Å². The molecule has 4 heteroatoms. The van der Waals surface area contributed by atoms with E-state index < -0.39 is 0 Å². The molecule has 94 valence electrons. The molecule has 0 aliphatic carbocycles. The average molecular weight is 363 g/mol. The van der Waals surface area contributed by atoms with Crippen molar-refractivity contribution in [2.24, 2.45) is 0 Å². The van der Waals surface area contributed by atoms with Crippen molar-refractivity contribution in [3.8, 4) is 0 Å². The molecular weight excluding hydrogens is 346 g/mol. The molecular formula is C13H17Br2NO. The van der Waals surface area contributed by atoms with Gasteiger partial charge >= 0.3 is 0 Å². The van der Waals surface area contributed by atoms with Crippen LogP contribution in [0.2, 0.25) is 0 Å². The van der Waals surface area contributed by atoms with Crippen molar-refractivity contribution >= 4 is 37.8 Å². The lowest BCUT2D eigenvalue weighted by atomic mass is 10.0. The first kappa shape index (κ1) is 14.7. The number of alkyl halides is 1. The number of rotatable bonds is 3. The van der Waals surface area contributed by atoms with Gasteiger partial charge in [-0.2, -0.15) is 0 Å². The maximum atomic E-state index is 12.1. The molecule has 0 saturated carbocycles. The summed E-state index contributed by atoms with van der Waals surface area (Å²) < 4.78 is 0.954. The number of hydrogen-bond donors (Lipinski definition) is 1. The normalized spacial score (nSPS) is 13.3. The van der Waals surface area contributed by atoms with Gasteiger partial charge in [0.15, 0.2) is 0 Å². The van der Waals surface area contributed by atoms with Crippen LogP contribution < -0.4 is 5.32 Å². The molecule has 0 aliphatic rings. The monoisotopic (exact) mass is 361 g/mol. The van der Waals surface area contributed by atoms with Crippen molar-refractivity contribution in [2.45, 2.75) is 38.1 Å². The summed E-state index contributed by atoms with van der Waals surface area (Å²) in [5, 5.41) is 3.01. The Balaban J connectivity index is 2.87. The molecule has 2 nitrogen and oxygen atoms in total. The van der Waals surface area contributed by atoms with Crippen LogP contribution in [0.1, 0.15) is 36.7 Å². The minimum absolute atomic E-state index is 0.0537. The molecule has 17 heavy (non-hydrogen) atoms. The predicted octanol–water partition coefficient (Wildman–Crippen LogP) is 4.05. The van der Waals surface area contributed by atoms with E-state index in [1.165, 1.54) is 0 Å². The summed E-state index contributed by atoms with van der Waals surface area (Å²) >= 11 is 6.93. The van der Waals surface area contributed by atoms with Crippen LogP contribution in [-0.4, -0.2) is 16.3 Å². The van der Waals surface area contributed by atoms with Crippen molar-refractivity contribution in [1.29, 1.82) is 0 Å². The summed E-state index contributed by atoms with van der Waals surface area (Å²) in [6.07, 6.45) is 0. The van der Waals surface area contributed by atoms with Crippen molar-refractivity contribution in [3.05, 3.63) is 33.8 Å². The lowest BCUT2D eigenvalue weighted by Gasteiger charge is -2.29. The molecule has 0 fully saturated rings. The predicted molar refractivity (Wildman–Crippen MR) is 78.8 cm³/mol. The number of halogens is 2. The Morgan fingerprint density at radius 1 is 1.41 bits per heavy atom. The fourth-order valence-electron chi connectivity index (χ4n) is 1.20. The Hall–Kier alpha value is -0.350. The highest BCUT2D eigenvalue weighted by Crippen LogP contribution is 2.20. The average Bonchev–Trinajstić information content (AvgIpc) is 2.21. The minimum atomic E-state index is -0.283. The molecule has 0 bridgehead atoms. The van der Waals surface area contributed by atoms with Crippen molar-refractivity contribution in [2.75, 3.05) is 0 Å². The first-order valence-electron chi connectivity index (χ1n) is 5.47. The van der Waals surface area contributed by atoms with Gasteiger partial charge in [0.05, 0.1) is 0 Å². The van der Waals surface area contributed by atoms with Gasteiger partial charge < -0.3 is 5.32 Å². The molecule has 0 aromatic heterocycles. The van der Waals surface area contributed by atoms with Gasteiger partial charge in [0.25, 0.3) is 5.91 Å². The quantitative estimate of drug-likeness (QED) is 0.807. The van der Waals surface area contributed by atoms with Crippen LogP contribution in [0.5, 0.6) is 0 Å². The maximum absolute atomic E-state index is 12.1. The fraction of sp³-hybridized carbons (Fsp3) is 0.462. The maximum Gasteiger partial charge on any atom is 0.251 e. The van der Waals surface area contributed by atoms with E-state index >= 15 is 0 Å². The Kier molecular flexibility index (Phi) is 4.78. The molecule has 1 amide bonds. The second-order valence-electron chi connectivity index (χ2n) is 4.76. The minimum Gasteiger partial charge on any atom is -0.346 e. The fourth-order valence-corrected chi connectivity index (χ4v) is 1.69. The number of nitrogens with one attached hydrogen (secondary N) is 1. The highest BCUT2D eigenvalue weighted by molar-refractivity contribution is 9.10. The van der Waals surface area contributed by atoms with Crippen molar-refractivity contribution in [3.63, 3.8) is 0 Å². The third kappa shape index (κ3) is 3.81. The highest BCUT2D eigenvalue weighted by Gasteiger charge is 2.26. The molecule has 1 N–H and O–H groups in total. The molecule has 1 aromatic rings. The largest absolute Gasteiger partial charge is 0.346 e. The van der Waals surface area contributed by atoms with Crippen LogP contribution in [0.15, 0.2) is 22.7 Å². The van der Waals surface area contributed by atoms with Crippen LogP contribution in [0.3, 0.4) is 0 Å². The molecule has 0 aliphatic heterocycles. The summed E-state index contributed by atoms with van der Waals surface area (Å²) in [6.45, 7) is 8.00. The zero-order valence-corrected chi connectivity index (χ0v) is 13.6. The van der Waals surface area contributed by atoms with Crippen LogP contribution in [-0.2, 0) is 0 Å². The first-order chi connectivity index (χ1) is 7.74. The van der Waals surface area contributed by atoms with Gasteiger partial charge in [-0.15, -0.1) is 0 Å². The Morgan fingerprint density at radius 3 is 2.47 bits per heavy atom. The zero-order chi connectivity index (χ0) is 13.2. The number of benzene rings is 1. The smallest absolute Gasteiger partial charge is 0.251 e. The first-order valence-corrected chi connectivity index (χ1v) is 7.17. The van der Waals surface area contributed by atoms with Crippen LogP contribution in [0.25, 0.3) is 0 Å². The van der Waals surface area contributed by atoms with Gasteiger partial charge in [-0.05, 0) is 38.5 Å². The highest BCUT2D eigenvalue weighted by atomic mass is 79.9. The van der Waals surface area contributed by atoms with Crippen molar-refractivity contribution < 1.29 is 4.79 Å². The second-order valence-corrected chi connectivity index (χ2v) is 6.98. The summed E-state index contributed by atoms with van der Waals surface area (Å²) in [6, 6.07) is 5.62. The molecule has 1 aromatic carbocycles. The number of amides is 1. The van der Waals surface area contributed by atoms with Crippen LogP contribution in [0.4, 0.5) is 0 Å². The Morgan fingerprint density at radius 2 is 2.00 bits per heavy atom. The van der Waals surface area contributed by atoms with E-state index in [4.69, 9.17) is 0 Å². The SMILES string of the molecule is Cc1ccc(C(=O)NC(C)(C)C(C)Br)cc1Br. The van der Waals surface area contributed by atoms with Crippen LogP contribution in [0, 0.1) is 6.92 Å². The second kappa shape index (κ2) is 5.53. The van der Waals surface area contributed by atoms with Crippen molar-refractivity contribution in [1.82, 2.24) is 5.32 Å². The lowest BCUT2D eigenvalue weighted by molar-refractivity contribution is 0.0914. The van der Waals surface area contributed by atoms with E-state index in [9.17, 15) is 4.79 Å². The van der Waals surface area contributed by atoms with Gasteiger partial charge in [-0.3, -0.25) is 4.79 Å². The molecule has 0 spiro atoms. The van der Waals surface area contributed by atoms with Gasteiger partial charge in [0.2, 0.25) is 0 Å². The number of carbonyl (C=O) groups excluding carboxylic acids is 1. The topological polar surface area (TPSA) is 29.1 Å². The van der Waals surface area contributed by atoms with E-state index in [0.29, 0.717) is 5.56 Å². The number of hydrogen-bond acceptors (Lipinski definition) is 1. The lowest BCUT2D eigenvalue weighted by Crippen LogP contribution is -2.48. The molecule has 0 saturated heterocycles. The number of aryl methyl sites for hydroxylation is 1. The van der Waals surface area contributed by atoms with Gasteiger partial charge in [-0.1, -0.05) is 44.8 Å². The van der Waals surface area contributed by atoms with E-state index in [1.54, 1.807) is 0 Å². The molecule has 1 rings (SSSR count). The van der Waals surface area contributed by atoms with Gasteiger partial charge in [0.1, 0.15) is 0 Å². The molecule has 0 heterocycles.